The first-order valence-corrected chi connectivity index (χ1v) is 9.02. The van der Waals surface area contributed by atoms with Crippen LogP contribution < -0.4 is 19.8 Å². The molecule has 0 amide bonds. The van der Waals surface area contributed by atoms with Gasteiger partial charge in [-0.3, -0.25) is 9.15 Å². The zero-order valence-electron chi connectivity index (χ0n) is 16.7. The van der Waals surface area contributed by atoms with E-state index in [1.807, 2.05) is 19.9 Å². The van der Waals surface area contributed by atoms with E-state index >= 15 is 0 Å². The molecule has 0 unspecified atom stereocenters. The number of hydrogen-bond donors (Lipinski definition) is 0. The Balaban J connectivity index is 2.03. The van der Waals surface area contributed by atoms with Gasteiger partial charge in [-0.1, -0.05) is 19.1 Å². The molecule has 0 spiro atoms. The summed E-state index contributed by atoms with van der Waals surface area (Å²) in [7, 11) is 3.01. The van der Waals surface area contributed by atoms with E-state index < -0.39 is 11.2 Å². The van der Waals surface area contributed by atoms with Crippen molar-refractivity contribution in [1.29, 1.82) is 0 Å². The summed E-state index contributed by atoms with van der Waals surface area (Å²) in [5, 5.41) is 0.659. The molecule has 0 bridgehead atoms. The molecule has 150 valence electrons. The zero-order chi connectivity index (χ0) is 20.3. The van der Waals surface area contributed by atoms with Crippen molar-refractivity contribution < 1.29 is 27.8 Å². The van der Waals surface area contributed by atoms with E-state index in [2.05, 4.69) is 13.0 Å². The lowest BCUT2D eigenvalue weighted by Gasteiger charge is -2.28. The average Bonchev–Trinajstić information content (AvgIpc) is 2.63. The average molecular weight is 388 g/mol. The SMILES string of the molecule is CC/C=C/Cc1ooc1C(C)(C)Oc1c(OC)cc2ccc(=O)oc2c1OC. The van der Waals surface area contributed by atoms with E-state index in [1.165, 1.54) is 20.3 Å². The maximum absolute atomic E-state index is 11.7. The molecule has 0 N–H and O–H groups in total. The van der Waals surface area contributed by atoms with Gasteiger partial charge in [-0.2, -0.15) is 0 Å². The van der Waals surface area contributed by atoms with Gasteiger partial charge in [0.15, 0.2) is 16.9 Å². The molecule has 1 aromatic carbocycles. The van der Waals surface area contributed by atoms with Crippen LogP contribution in [0, 0.1) is 0 Å². The first-order chi connectivity index (χ1) is 13.4. The molecule has 2 heterocycles. The molecule has 7 nitrogen and oxygen atoms in total. The first kappa shape index (κ1) is 19.7. The Morgan fingerprint density at radius 1 is 1.07 bits per heavy atom. The lowest BCUT2D eigenvalue weighted by molar-refractivity contribution is -0.0809. The molecule has 0 aliphatic heterocycles. The van der Waals surface area contributed by atoms with Crippen LogP contribution in [-0.4, -0.2) is 14.2 Å². The Hall–Kier alpha value is -3.09. The van der Waals surface area contributed by atoms with Gasteiger partial charge >= 0.3 is 5.63 Å². The fraction of sp³-hybridized carbons (Fsp3) is 0.381. The minimum absolute atomic E-state index is 0.272. The Labute approximate surface area is 162 Å². The van der Waals surface area contributed by atoms with Crippen LogP contribution >= 0.6 is 0 Å². The second-order valence-electron chi connectivity index (χ2n) is 6.73. The van der Waals surface area contributed by atoms with Crippen molar-refractivity contribution in [2.45, 2.75) is 39.2 Å². The summed E-state index contributed by atoms with van der Waals surface area (Å²) < 4.78 is 32.9. The van der Waals surface area contributed by atoms with Crippen molar-refractivity contribution in [3.05, 3.63) is 52.3 Å². The van der Waals surface area contributed by atoms with Gasteiger partial charge in [0.1, 0.15) is 0 Å². The summed E-state index contributed by atoms with van der Waals surface area (Å²) >= 11 is 0. The van der Waals surface area contributed by atoms with E-state index in [4.69, 9.17) is 27.8 Å². The summed E-state index contributed by atoms with van der Waals surface area (Å²) in [5.74, 6) is 2.29. The van der Waals surface area contributed by atoms with Crippen molar-refractivity contribution >= 4 is 11.0 Å². The van der Waals surface area contributed by atoms with E-state index in [9.17, 15) is 4.79 Å². The van der Waals surface area contributed by atoms with E-state index in [-0.39, 0.29) is 11.3 Å². The van der Waals surface area contributed by atoms with Crippen molar-refractivity contribution in [1.82, 2.24) is 0 Å². The van der Waals surface area contributed by atoms with Gasteiger partial charge in [-0.25, -0.2) is 4.79 Å². The fourth-order valence-corrected chi connectivity index (χ4v) is 2.94. The lowest BCUT2D eigenvalue weighted by atomic mass is 10.0. The molecular weight excluding hydrogens is 364 g/mol. The fourth-order valence-electron chi connectivity index (χ4n) is 2.94. The van der Waals surface area contributed by atoms with Crippen molar-refractivity contribution in [3.8, 4) is 17.2 Å². The lowest BCUT2D eigenvalue weighted by Crippen LogP contribution is -2.28. The highest BCUT2D eigenvalue weighted by molar-refractivity contribution is 5.88. The van der Waals surface area contributed by atoms with Gasteiger partial charge in [-0.15, -0.1) is 0 Å². The van der Waals surface area contributed by atoms with Crippen molar-refractivity contribution in [3.63, 3.8) is 0 Å². The number of hydrogen-bond acceptors (Lipinski definition) is 7. The summed E-state index contributed by atoms with van der Waals surface area (Å²) in [6.07, 6.45) is 5.62. The van der Waals surface area contributed by atoms with E-state index in [0.717, 1.165) is 6.42 Å². The monoisotopic (exact) mass is 388 g/mol. The molecule has 2 aromatic heterocycles. The van der Waals surface area contributed by atoms with E-state index in [1.54, 1.807) is 12.1 Å². The number of methoxy groups -OCH3 is 2. The predicted octanol–water partition coefficient (Wildman–Crippen LogP) is 4.82. The van der Waals surface area contributed by atoms with Crippen molar-refractivity contribution in [2.24, 2.45) is 0 Å². The molecule has 0 aliphatic carbocycles. The maximum atomic E-state index is 11.7. The molecule has 0 atom stereocenters. The number of allylic oxidation sites excluding steroid dienone is 2. The normalized spacial score (nSPS) is 12.0. The highest BCUT2D eigenvalue weighted by Crippen LogP contribution is 2.46. The van der Waals surface area contributed by atoms with Gasteiger partial charge in [0, 0.05) is 17.9 Å². The van der Waals surface area contributed by atoms with Crippen LogP contribution in [0.5, 0.6) is 17.2 Å². The largest absolute Gasteiger partial charge is 0.493 e. The summed E-state index contributed by atoms with van der Waals surface area (Å²) in [6.45, 7) is 5.75. The third-order valence-corrected chi connectivity index (χ3v) is 4.30. The Bertz CT molecular complexity index is 1030. The van der Waals surface area contributed by atoms with Gasteiger partial charge < -0.3 is 18.6 Å². The number of rotatable bonds is 8. The first-order valence-electron chi connectivity index (χ1n) is 9.02. The molecule has 0 saturated heterocycles. The van der Waals surface area contributed by atoms with Crippen LogP contribution in [0.3, 0.4) is 0 Å². The summed E-state index contributed by atoms with van der Waals surface area (Å²) in [4.78, 5) is 11.7. The maximum Gasteiger partial charge on any atom is 0.336 e. The minimum Gasteiger partial charge on any atom is -0.493 e. The Morgan fingerprint density at radius 2 is 1.86 bits per heavy atom. The summed E-state index contributed by atoms with van der Waals surface area (Å²) in [6, 6.07) is 4.71. The summed E-state index contributed by atoms with van der Waals surface area (Å²) in [5.41, 5.74) is -1.08. The molecule has 0 aliphatic rings. The minimum atomic E-state index is -0.878. The third kappa shape index (κ3) is 3.65. The molecular formula is C21H24O7. The second kappa shape index (κ2) is 7.88. The molecule has 3 aromatic rings. The smallest absolute Gasteiger partial charge is 0.336 e. The molecule has 7 heteroatoms. The third-order valence-electron chi connectivity index (χ3n) is 4.30. The zero-order valence-corrected chi connectivity index (χ0v) is 16.7. The highest BCUT2D eigenvalue weighted by atomic mass is 17.0. The quantitative estimate of drug-likeness (QED) is 0.311. The second-order valence-corrected chi connectivity index (χ2v) is 6.73. The van der Waals surface area contributed by atoms with Crippen LogP contribution in [0.15, 0.2) is 48.7 Å². The molecule has 3 rings (SSSR count). The van der Waals surface area contributed by atoms with Crippen molar-refractivity contribution in [2.75, 3.05) is 14.2 Å². The standard InChI is InChI=1S/C21H24O7/c1-6-7-8-9-14-20(28-27-14)21(2,3)26-18-15(23-4)12-13-10-11-16(22)25-17(13)19(18)24-5/h7-8,10-12H,6,9H2,1-5H3/b8-7+. The van der Waals surface area contributed by atoms with Crippen LogP contribution in [0.2, 0.25) is 0 Å². The van der Waals surface area contributed by atoms with Crippen LogP contribution in [-0.2, 0) is 12.0 Å². The Morgan fingerprint density at radius 3 is 2.46 bits per heavy atom. The van der Waals surface area contributed by atoms with Crippen LogP contribution in [0.1, 0.15) is 38.7 Å². The number of benzene rings is 1. The molecule has 0 fully saturated rings. The van der Waals surface area contributed by atoms with Gasteiger partial charge in [0.05, 0.1) is 14.2 Å². The number of fused-ring (bicyclic) bond motifs is 1. The van der Waals surface area contributed by atoms with Gasteiger partial charge in [0.2, 0.25) is 23.0 Å². The molecule has 0 saturated carbocycles. The van der Waals surface area contributed by atoms with Gasteiger partial charge in [0.25, 0.3) is 0 Å². The van der Waals surface area contributed by atoms with Crippen LogP contribution in [0.25, 0.3) is 11.0 Å². The molecule has 0 radical (unpaired) electrons. The number of ether oxygens (including phenoxy) is 3. The van der Waals surface area contributed by atoms with E-state index in [0.29, 0.717) is 34.8 Å². The topological polar surface area (TPSA) is 84.2 Å². The van der Waals surface area contributed by atoms with Crippen LogP contribution in [0.4, 0.5) is 0 Å². The highest BCUT2D eigenvalue weighted by Gasteiger charge is 2.36. The molecule has 28 heavy (non-hydrogen) atoms. The predicted molar refractivity (Wildman–Crippen MR) is 103 cm³/mol. The van der Waals surface area contributed by atoms with Gasteiger partial charge in [-0.05, 0) is 32.4 Å². The Kier molecular flexibility index (Phi) is 5.53.